The molecule has 1 unspecified atom stereocenters. The Morgan fingerprint density at radius 3 is 2.31 bits per heavy atom. The van der Waals surface area contributed by atoms with Crippen molar-refractivity contribution in [2.45, 2.75) is 92.1 Å². The number of nitrogens with zero attached hydrogens (tertiary/aromatic N) is 4. The molecule has 1 fully saturated rings. The van der Waals surface area contributed by atoms with Crippen molar-refractivity contribution in [1.29, 1.82) is 0 Å². The maximum absolute atomic E-state index is 2.67. The van der Waals surface area contributed by atoms with Gasteiger partial charge in [0.1, 0.15) is 0 Å². The van der Waals surface area contributed by atoms with Crippen LogP contribution in [-0.4, -0.2) is 47.8 Å². The van der Waals surface area contributed by atoms with Crippen LogP contribution in [0.3, 0.4) is 0 Å². The predicted molar refractivity (Wildman–Crippen MR) is 118 cm³/mol. The van der Waals surface area contributed by atoms with Gasteiger partial charge in [-0.2, -0.15) is 0 Å². The molecule has 0 bridgehead atoms. The summed E-state index contributed by atoms with van der Waals surface area (Å²) < 4.78 is 5.13. The van der Waals surface area contributed by atoms with Crippen LogP contribution in [0.15, 0.2) is 18.3 Å². The summed E-state index contributed by atoms with van der Waals surface area (Å²) in [7, 11) is 2.29. The lowest BCUT2D eigenvalue weighted by molar-refractivity contribution is 0.203. The molecule has 2 aliphatic rings. The van der Waals surface area contributed by atoms with Gasteiger partial charge in [0.05, 0.1) is 17.5 Å². The van der Waals surface area contributed by atoms with Gasteiger partial charge < -0.3 is 18.9 Å². The fourth-order valence-corrected chi connectivity index (χ4v) is 4.76. The first-order valence-corrected chi connectivity index (χ1v) is 10.8. The first-order valence-electron chi connectivity index (χ1n) is 10.8. The lowest BCUT2D eigenvalue weighted by atomic mass is 9.56. The molecule has 1 aromatic heterocycles. The van der Waals surface area contributed by atoms with Crippen molar-refractivity contribution < 1.29 is 0 Å². The summed E-state index contributed by atoms with van der Waals surface area (Å²) in [5.74, 6) is 1.37. The van der Waals surface area contributed by atoms with Crippen LogP contribution in [0.2, 0.25) is 13.6 Å². The van der Waals surface area contributed by atoms with Crippen LogP contribution >= 0.6 is 0 Å². The molecule has 1 aromatic rings. The largest absolute Gasteiger partial charge is 0.371 e. The summed E-state index contributed by atoms with van der Waals surface area (Å²) in [6.07, 6.45) is 9.23. The number of hydrogen-bond donors (Lipinski definition) is 0. The number of fused-ring (bicyclic) bond motifs is 3. The Bertz CT molecular complexity index is 560. The van der Waals surface area contributed by atoms with Crippen molar-refractivity contribution in [1.82, 2.24) is 14.1 Å². The Morgan fingerprint density at radius 1 is 1.04 bits per heavy atom. The van der Waals surface area contributed by atoms with Gasteiger partial charge in [0.25, 0.3) is 6.98 Å². The molecule has 3 rings (SSSR count). The maximum atomic E-state index is 2.67. The van der Waals surface area contributed by atoms with E-state index in [9.17, 15) is 0 Å². The van der Waals surface area contributed by atoms with Crippen LogP contribution in [0.4, 0.5) is 5.82 Å². The first-order chi connectivity index (χ1) is 12.3. The third kappa shape index (κ3) is 3.73. The summed E-state index contributed by atoms with van der Waals surface area (Å²) in [6.45, 7) is 18.1. The van der Waals surface area contributed by atoms with E-state index in [0.29, 0.717) is 20.1 Å². The van der Waals surface area contributed by atoms with Crippen molar-refractivity contribution in [2.75, 3.05) is 18.4 Å². The van der Waals surface area contributed by atoms with Crippen LogP contribution in [0.25, 0.3) is 0 Å². The third-order valence-electron chi connectivity index (χ3n) is 6.12. The minimum absolute atomic E-state index is 0.102. The van der Waals surface area contributed by atoms with E-state index in [-0.39, 0.29) is 5.54 Å². The molecule has 0 aliphatic carbocycles. The molecule has 26 heavy (non-hydrogen) atoms. The fourth-order valence-electron chi connectivity index (χ4n) is 4.76. The summed E-state index contributed by atoms with van der Waals surface area (Å²) in [5.41, 5.74) is 0.102. The molecule has 6 heteroatoms. The van der Waals surface area contributed by atoms with E-state index in [1.807, 2.05) is 0 Å². The number of likely N-dealkylation sites (N-methyl/N-ethyl adjacent to an activating group) is 1. The van der Waals surface area contributed by atoms with Crippen LogP contribution in [-0.2, 0) is 5.54 Å². The summed E-state index contributed by atoms with van der Waals surface area (Å²) in [4.78, 5) is 5.19. The maximum Gasteiger partial charge on any atom is 0.331 e. The van der Waals surface area contributed by atoms with E-state index < -0.39 is 0 Å². The second-order valence-corrected chi connectivity index (χ2v) is 8.61. The van der Waals surface area contributed by atoms with Crippen LogP contribution in [0, 0.1) is 0 Å². The first kappa shape index (κ1) is 21.4. The Labute approximate surface area is 163 Å². The molecule has 146 valence electrons. The summed E-state index contributed by atoms with van der Waals surface area (Å²) in [6, 6.07) is 4.46. The quantitative estimate of drug-likeness (QED) is 0.553. The van der Waals surface area contributed by atoms with Crippen molar-refractivity contribution >= 4 is 19.8 Å². The van der Waals surface area contributed by atoms with Gasteiger partial charge in [-0.3, -0.25) is 0 Å². The average Bonchev–Trinajstić information content (AvgIpc) is 3.14. The zero-order valence-corrected chi connectivity index (χ0v) is 18.5. The zero-order chi connectivity index (χ0) is 19.5. The predicted octanol–water partition coefficient (Wildman–Crippen LogP) is 4.85. The van der Waals surface area contributed by atoms with Gasteiger partial charge in [-0.1, -0.05) is 60.1 Å². The molecule has 0 N–H and O–H groups in total. The van der Waals surface area contributed by atoms with Crippen molar-refractivity contribution in [3.8, 4) is 0 Å². The highest BCUT2D eigenvalue weighted by molar-refractivity contribution is 6.73. The van der Waals surface area contributed by atoms with Gasteiger partial charge in [0.2, 0.25) is 0 Å². The normalized spacial score (nSPS) is 22.2. The smallest absolute Gasteiger partial charge is 0.331 e. The average molecular weight is 358 g/mol. The molecule has 3 heterocycles. The summed E-state index contributed by atoms with van der Waals surface area (Å²) >= 11 is 0. The second kappa shape index (κ2) is 8.88. The van der Waals surface area contributed by atoms with Gasteiger partial charge >= 0.3 is 6.98 Å². The minimum atomic E-state index is 0.102. The van der Waals surface area contributed by atoms with Gasteiger partial charge in [-0.25, -0.2) is 0 Å². The van der Waals surface area contributed by atoms with E-state index in [1.54, 1.807) is 0 Å². The number of anilines is 1. The topological polar surface area (TPSA) is 14.7 Å². The van der Waals surface area contributed by atoms with E-state index in [2.05, 4.69) is 92.6 Å². The number of rotatable bonds is 5. The standard InChI is InChI=1S/C17H32B2N4.C3H8/c1-7-8-9-10-14-22-18(4)20(6)16-17(2,3)21-13-11-12-15(21)23(16)19(22)5;1-3-2/h11-13,16H,7-10,14H2,1-6H3;3H2,1-2H3. The molecule has 0 spiro atoms. The van der Waals surface area contributed by atoms with Crippen molar-refractivity contribution in [3.63, 3.8) is 0 Å². The van der Waals surface area contributed by atoms with Crippen LogP contribution in [0.5, 0.6) is 0 Å². The van der Waals surface area contributed by atoms with E-state index in [4.69, 9.17) is 0 Å². The van der Waals surface area contributed by atoms with Crippen molar-refractivity contribution in [2.24, 2.45) is 0 Å². The minimum Gasteiger partial charge on any atom is -0.371 e. The van der Waals surface area contributed by atoms with Gasteiger partial charge in [-0.05, 0) is 46.0 Å². The van der Waals surface area contributed by atoms with Crippen molar-refractivity contribution in [3.05, 3.63) is 18.3 Å². The number of unbranched alkanes of at least 4 members (excludes halogenated alkanes) is 3. The molecule has 1 saturated heterocycles. The number of aromatic nitrogens is 1. The highest BCUT2D eigenvalue weighted by Gasteiger charge is 2.55. The lowest BCUT2D eigenvalue weighted by Gasteiger charge is -2.53. The molecule has 0 radical (unpaired) electrons. The van der Waals surface area contributed by atoms with Gasteiger partial charge in [0, 0.05) is 6.20 Å². The third-order valence-corrected chi connectivity index (χ3v) is 6.12. The Kier molecular flexibility index (Phi) is 7.32. The highest BCUT2D eigenvalue weighted by atomic mass is 15.5. The van der Waals surface area contributed by atoms with E-state index in [0.717, 1.165) is 0 Å². The number of hydrogen-bond acceptors (Lipinski definition) is 3. The fraction of sp³-hybridized carbons (Fsp3) is 0.800. The molecular formula is C20H40B2N4. The van der Waals surface area contributed by atoms with Crippen LogP contribution in [0.1, 0.15) is 66.7 Å². The second-order valence-electron chi connectivity index (χ2n) is 8.61. The molecule has 0 aromatic carbocycles. The van der Waals surface area contributed by atoms with E-state index >= 15 is 0 Å². The lowest BCUT2D eigenvalue weighted by Crippen LogP contribution is -2.74. The van der Waals surface area contributed by atoms with Crippen LogP contribution < -0.4 is 4.81 Å². The molecule has 0 saturated carbocycles. The highest BCUT2D eigenvalue weighted by Crippen LogP contribution is 2.43. The molecule has 0 amide bonds. The zero-order valence-electron chi connectivity index (χ0n) is 18.5. The Balaban J connectivity index is 0.000000758. The summed E-state index contributed by atoms with van der Waals surface area (Å²) in [5, 5.41) is 0. The molecule has 4 nitrogen and oxygen atoms in total. The van der Waals surface area contributed by atoms with Gasteiger partial charge in [0.15, 0.2) is 0 Å². The SMILES string of the molecule is CCC.CCCCCCN1B(C)N(C)C2N(B1C)c1cccn1C2(C)C. The van der Waals surface area contributed by atoms with E-state index in [1.165, 1.54) is 44.5 Å². The molecule has 2 aliphatic heterocycles. The molecular weight excluding hydrogens is 318 g/mol. The monoisotopic (exact) mass is 358 g/mol. The van der Waals surface area contributed by atoms with Gasteiger partial charge in [-0.15, -0.1) is 0 Å². The molecule has 1 atom stereocenters. The Morgan fingerprint density at radius 2 is 1.69 bits per heavy atom. The Hall–Kier alpha value is -0.870.